The van der Waals surface area contributed by atoms with Crippen LogP contribution in [0.3, 0.4) is 0 Å². The Morgan fingerprint density at radius 2 is 1.58 bits per heavy atom. The zero-order valence-corrected chi connectivity index (χ0v) is 12.4. The Morgan fingerprint density at radius 1 is 0.947 bits per heavy atom. The van der Waals surface area contributed by atoms with Gasteiger partial charge in [0.2, 0.25) is 5.75 Å². The summed E-state index contributed by atoms with van der Waals surface area (Å²) in [6.45, 7) is 2.21. The molecule has 0 aliphatic heterocycles. The zero-order chi connectivity index (χ0) is 14.1. The van der Waals surface area contributed by atoms with Gasteiger partial charge in [0.25, 0.3) is 0 Å². The highest BCUT2D eigenvalue weighted by molar-refractivity contribution is 5.62. The van der Waals surface area contributed by atoms with Crippen molar-refractivity contribution in [1.82, 2.24) is 0 Å². The van der Waals surface area contributed by atoms with Crippen LogP contribution < -0.4 is 14.2 Å². The molecule has 0 aliphatic carbocycles. The third-order valence-electron chi connectivity index (χ3n) is 2.97. The predicted octanol–water partition coefficient (Wildman–Crippen LogP) is 4.31. The Bertz CT molecular complexity index is 385. The largest absolute Gasteiger partial charge is 0.493 e. The minimum Gasteiger partial charge on any atom is -0.493 e. The predicted molar refractivity (Wildman–Crippen MR) is 79.3 cm³/mol. The molecule has 19 heavy (non-hydrogen) atoms. The number of hydrogen-bond donors (Lipinski definition) is 0. The third kappa shape index (κ3) is 4.51. The molecule has 0 amide bonds. The molecule has 0 N–H and O–H groups in total. The van der Waals surface area contributed by atoms with Gasteiger partial charge >= 0.3 is 0 Å². The molecule has 0 saturated heterocycles. The average molecular weight is 264 g/mol. The van der Waals surface area contributed by atoms with Gasteiger partial charge < -0.3 is 14.2 Å². The van der Waals surface area contributed by atoms with Gasteiger partial charge in [0.15, 0.2) is 11.5 Å². The van der Waals surface area contributed by atoms with E-state index in [0.717, 1.165) is 12.0 Å². The van der Waals surface area contributed by atoms with Crippen molar-refractivity contribution in [1.29, 1.82) is 0 Å². The molecule has 1 rings (SSSR count). The summed E-state index contributed by atoms with van der Waals surface area (Å²) < 4.78 is 15.9. The van der Waals surface area contributed by atoms with Gasteiger partial charge in [-0.3, -0.25) is 0 Å². The van der Waals surface area contributed by atoms with Crippen molar-refractivity contribution in [2.24, 2.45) is 0 Å². The zero-order valence-electron chi connectivity index (χ0n) is 12.4. The van der Waals surface area contributed by atoms with Crippen LogP contribution in [0.4, 0.5) is 0 Å². The molecular weight excluding hydrogens is 240 g/mol. The summed E-state index contributed by atoms with van der Waals surface area (Å²) >= 11 is 0. The normalized spacial score (nSPS) is 10.7. The molecule has 0 spiro atoms. The van der Waals surface area contributed by atoms with Gasteiger partial charge in [-0.05, 0) is 30.5 Å². The summed E-state index contributed by atoms with van der Waals surface area (Å²) in [6.07, 6.45) is 9.15. The summed E-state index contributed by atoms with van der Waals surface area (Å²) in [7, 11) is 4.87. The molecule has 0 bridgehead atoms. The van der Waals surface area contributed by atoms with Crippen LogP contribution in [0.25, 0.3) is 6.08 Å². The quantitative estimate of drug-likeness (QED) is 0.655. The summed E-state index contributed by atoms with van der Waals surface area (Å²) in [5, 5.41) is 0. The van der Waals surface area contributed by atoms with E-state index in [2.05, 4.69) is 19.1 Å². The summed E-state index contributed by atoms with van der Waals surface area (Å²) in [4.78, 5) is 0. The molecule has 0 heterocycles. The second-order valence-corrected chi connectivity index (χ2v) is 4.36. The van der Waals surface area contributed by atoms with Gasteiger partial charge in [0, 0.05) is 0 Å². The molecule has 0 atom stereocenters. The maximum Gasteiger partial charge on any atom is 0.203 e. The van der Waals surface area contributed by atoms with Crippen LogP contribution >= 0.6 is 0 Å². The average Bonchev–Trinajstić information content (AvgIpc) is 2.45. The highest BCUT2D eigenvalue weighted by atomic mass is 16.5. The standard InChI is InChI=1S/C16H24O3/c1-5-6-7-8-9-10-13-11-14(17-2)16(19-4)15(12-13)18-3/h9-12H,5-8H2,1-4H3/b10-9+. The highest BCUT2D eigenvalue weighted by Crippen LogP contribution is 2.38. The molecule has 0 radical (unpaired) electrons. The van der Waals surface area contributed by atoms with Crippen molar-refractivity contribution in [3.05, 3.63) is 23.8 Å². The first-order valence-electron chi connectivity index (χ1n) is 6.73. The third-order valence-corrected chi connectivity index (χ3v) is 2.97. The fourth-order valence-electron chi connectivity index (χ4n) is 1.93. The van der Waals surface area contributed by atoms with E-state index < -0.39 is 0 Å². The van der Waals surface area contributed by atoms with Crippen LogP contribution in [-0.2, 0) is 0 Å². The van der Waals surface area contributed by atoms with Crippen LogP contribution in [0.5, 0.6) is 17.2 Å². The van der Waals surface area contributed by atoms with Crippen molar-refractivity contribution in [2.75, 3.05) is 21.3 Å². The van der Waals surface area contributed by atoms with Gasteiger partial charge in [0.05, 0.1) is 21.3 Å². The van der Waals surface area contributed by atoms with Crippen LogP contribution in [0, 0.1) is 0 Å². The first-order valence-corrected chi connectivity index (χ1v) is 6.73. The van der Waals surface area contributed by atoms with Crippen molar-refractivity contribution >= 4 is 6.08 Å². The smallest absolute Gasteiger partial charge is 0.203 e. The van der Waals surface area contributed by atoms with E-state index in [4.69, 9.17) is 14.2 Å². The number of hydrogen-bond acceptors (Lipinski definition) is 3. The minimum absolute atomic E-state index is 0.633. The fraction of sp³-hybridized carbons (Fsp3) is 0.500. The van der Waals surface area contributed by atoms with Crippen molar-refractivity contribution in [2.45, 2.75) is 32.6 Å². The van der Waals surface area contributed by atoms with Gasteiger partial charge in [0.1, 0.15) is 0 Å². The maximum absolute atomic E-state index is 5.33. The Hall–Kier alpha value is -1.64. The SMILES string of the molecule is CCCCC/C=C/c1cc(OC)c(OC)c(OC)c1. The van der Waals surface area contributed by atoms with Crippen LogP contribution in [0.15, 0.2) is 18.2 Å². The molecule has 0 unspecified atom stereocenters. The lowest BCUT2D eigenvalue weighted by Crippen LogP contribution is -1.95. The second-order valence-electron chi connectivity index (χ2n) is 4.36. The van der Waals surface area contributed by atoms with Crippen LogP contribution in [-0.4, -0.2) is 21.3 Å². The summed E-state index contributed by atoms with van der Waals surface area (Å²) in [6, 6.07) is 3.91. The lowest BCUT2D eigenvalue weighted by molar-refractivity contribution is 0.324. The first kappa shape index (κ1) is 15.4. The molecule has 1 aromatic rings. The molecule has 106 valence electrons. The van der Waals surface area contributed by atoms with Crippen LogP contribution in [0.2, 0.25) is 0 Å². The van der Waals surface area contributed by atoms with Gasteiger partial charge in [-0.2, -0.15) is 0 Å². The van der Waals surface area contributed by atoms with E-state index >= 15 is 0 Å². The number of methoxy groups -OCH3 is 3. The number of unbranched alkanes of at least 4 members (excludes halogenated alkanes) is 3. The van der Waals surface area contributed by atoms with Gasteiger partial charge in [-0.1, -0.05) is 31.9 Å². The lowest BCUT2D eigenvalue weighted by Gasteiger charge is -2.12. The summed E-state index contributed by atoms with van der Waals surface area (Å²) in [5.74, 6) is 2.01. The van der Waals surface area contributed by atoms with E-state index in [-0.39, 0.29) is 0 Å². The summed E-state index contributed by atoms with van der Waals surface area (Å²) in [5.41, 5.74) is 1.06. The number of ether oxygens (including phenoxy) is 3. The molecule has 0 fully saturated rings. The molecule has 0 saturated carbocycles. The monoisotopic (exact) mass is 264 g/mol. The molecule has 3 heteroatoms. The van der Waals surface area contributed by atoms with Crippen molar-refractivity contribution < 1.29 is 14.2 Å². The highest BCUT2D eigenvalue weighted by Gasteiger charge is 2.11. The topological polar surface area (TPSA) is 27.7 Å². The van der Waals surface area contributed by atoms with Gasteiger partial charge in [-0.25, -0.2) is 0 Å². The van der Waals surface area contributed by atoms with Crippen molar-refractivity contribution in [3.63, 3.8) is 0 Å². The molecular formula is C16H24O3. The second kappa shape index (κ2) is 8.46. The Balaban J connectivity index is 2.84. The molecule has 3 nitrogen and oxygen atoms in total. The number of allylic oxidation sites excluding steroid dienone is 1. The van der Waals surface area contributed by atoms with E-state index in [1.807, 2.05) is 12.1 Å². The van der Waals surface area contributed by atoms with E-state index in [0.29, 0.717) is 17.2 Å². The van der Waals surface area contributed by atoms with Gasteiger partial charge in [-0.15, -0.1) is 0 Å². The molecule has 0 aliphatic rings. The maximum atomic E-state index is 5.33. The van der Waals surface area contributed by atoms with E-state index in [1.54, 1.807) is 21.3 Å². The number of benzene rings is 1. The fourth-order valence-corrected chi connectivity index (χ4v) is 1.93. The molecule has 1 aromatic carbocycles. The lowest BCUT2D eigenvalue weighted by atomic mass is 10.1. The first-order chi connectivity index (χ1) is 9.26. The van der Waals surface area contributed by atoms with E-state index in [1.165, 1.54) is 19.3 Å². The minimum atomic E-state index is 0.633. The Kier molecular flexibility index (Phi) is 6.86. The Labute approximate surface area is 116 Å². The van der Waals surface area contributed by atoms with Crippen molar-refractivity contribution in [3.8, 4) is 17.2 Å². The van der Waals surface area contributed by atoms with E-state index in [9.17, 15) is 0 Å². The molecule has 0 aromatic heterocycles. The van der Waals surface area contributed by atoms with Crippen LogP contribution in [0.1, 0.15) is 38.2 Å². The Morgan fingerprint density at radius 3 is 2.05 bits per heavy atom. The number of rotatable bonds is 8.